The number of hydrogen-bond acceptors (Lipinski definition) is 4. The van der Waals surface area contributed by atoms with Crippen LogP contribution < -0.4 is 4.74 Å². The Balaban J connectivity index is 2.17. The number of aromatic nitrogens is 2. The third-order valence-corrected chi connectivity index (χ3v) is 3.03. The van der Waals surface area contributed by atoms with Gasteiger partial charge in [-0.3, -0.25) is 4.79 Å². The molecule has 0 atom stereocenters. The number of rotatable bonds is 4. The Morgan fingerprint density at radius 3 is 2.67 bits per heavy atom. The summed E-state index contributed by atoms with van der Waals surface area (Å²) in [5.74, 6) is 1.20. The second kappa shape index (κ2) is 5.73. The van der Waals surface area contributed by atoms with Gasteiger partial charge in [-0.2, -0.15) is 0 Å². The molecule has 0 fully saturated rings. The topological polar surface area (TPSA) is 52.1 Å². The van der Waals surface area contributed by atoms with Gasteiger partial charge in [0.25, 0.3) is 0 Å². The number of ketones is 1. The smallest absolute Gasteiger partial charge is 0.170 e. The van der Waals surface area contributed by atoms with E-state index in [1.165, 1.54) is 0 Å². The van der Waals surface area contributed by atoms with Gasteiger partial charge in [0.2, 0.25) is 0 Å². The highest BCUT2D eigenvalue weighted by atomic mass is 79.9. The lowest BCUT2D eigenvalue weighted by atomic mass is 10.1. The van der Waals surface area contributed by atoms with Crippen LogP contribution in [0.15, 0.2) is 41.1 Å². The van der Waals surface area contributed by atoms with Gasteiger partial charge in [-0.1, -0.05) is 0 Å². The summed E-state index contributed by atoms with van der Waals surface area (Å²) >= 11 is 3.35. The van der Waals surface area contributed by atoms with E-state index < -0.39 is 0 Å². The Morgan fingerprint density at radius 2 is 2.06 bits per heavy atom. The molecule has 18 heavy (non-hydrogen) atoms. The number of Topliss-reactive ketones (excluding diaryl/α,β-unsaturated/α-hetero) is 1. The molecule has 0 aliphatic carbocycles. The van der Waals surface area contributed by atoms with Crippen molar-refractivity contribution in [1.82, 2.24) is 9.97 Å². The molecule has 1 aromatic carbocycles. The molecule has 1 heterocycles. The number of carbonyl (C=O) groups excluding carboxylic acids is 1. The van der Waals surface area contributed by atoms with Gasteiger partial charge in [0.1, 0.15) is 11.6 Å². The quantitative estimate of drug-likeness (QED) is 0.815. The SMILES string of the molecule is COc1ccc(C(=O)Cc2ncccn2)cc1Br. The maximum Gasteiger partial charge on any atom is 0.170 e. The average molecular weight is 307 g/mol. The minimum Gasteiger partial charge on any atom is -0.496 e. The minimum atomic E-state index is -0.0236. The summed E-state index contributed by atoms with van der Waals surface area (Å²) in [7, 11) is 1.58. The van der Waals surface area contributed by atoms with Gasteiger partial charge < -0.3 is 4.74 Å². The molecule has 0 spiro atoms. The molecule has 0 aliphatic rings. The standard InChI is InChI=1S/C13H11BrN2O2/c1-18-12-4-3-9(7-10(12)14)11(17)8-13-15-5-2-6-16-13/h2-7H,8H2,1H3. The zero-order chi connectivity index (χ0) is 13.0. The summed E-state index contributed by atoms with van der Waals surface area (Å²) in [6.07, 6.45) is 3.44. The molecular formula is C13H11BrN2O2. The Morgan fingerprint density at radius 1 is 1.33 bits per heavy atom. The van der Waals surface area contributed by atoms with Crippen LogP contribution >= 0.6 is 15.9 Å². The fourth-order valence-electron chi connectivity index (χ4n) is 1.51. The molecule has 0 amide bonds. The average Bonchev–Trinajstić information content (AvgIpc) is 2.39. The molecule has 4 nitrogen and oxygen atoms in total. The van der Waals surface area contributed by atoms with Crippen molar-refractivity contribution in [3.63, 3.8) is 0 Å². The zero-order valence-corrected chi connectivity index (χ0v) is 11.3. The van der Waals surface area contributed by atoms with Crippen LogP contribution in [0.4, 0.5) is 0 Å². The zero-order valence-electron chi connectivity index (χ0n) is 9.76. The lowest BCUT2D eigenvalue weighted by Gasteiger charge is -2.05. The molecular weight excluding hydrogens is 296 g/mol. The first-order valence-corrected chi connectivity index (χ1v) is 6.12. The van der Waals surface area contributed by atoms with E-state index in [9.17, 15) is 4.79 Å². The predicted octanol–water partition coefficient (Wildman–Crippen LogP) is 2.67. The van der Waals surface area contributed by atoms with Crippen LogP contribution in [0.1, 0.15) is 16.2 Å². The maximum atomic E-state index is 12.0. The Bertz CT molecular complexity index is 558. The van der Waals surface area contributed by atoms with E-state index in [0.29, 0.717) is 17.1 Å². The Hall–Kier alpha value is -1.75. The summed E-state index contributed by atoms with van der Waals surface area (Å²) in [6, 6.07) is 6.94. The van der Waals surface area contributed by atoms with Crippen molar-refractivity contribution >= 4 is 21.7 Å². The summed E-state index contributed by atoms with van der Waals surface area (Å²) in [6.45, 7) is 0. The Kier molecular flexibility index (Phi) is 4.04. The maximum absolute atomic E-state index is 12.0. The molecule has 92 valence electrons. The molecule has 5 heteroatoms. The van der Waals surface area contributed by atoms with Crippen LogP contribution in [0, 0.1) is 0 Å². The van der Waals surface area contributed by atoms with Gasteiger partial charge in [-0.25, -0.2) is 9.97 Å². The summed E-state index contributed by atoms with van der Waals surface area (Å²) in [4.78, 5) is 20.1. The first kappa shape index (κ1) is 12.7. The van der Waals surface area contributed by atoms with Gasteiger partial charge in [0, 0.05) is 18.0 Å². The molecule has 0 bridgehead atoms. The number of hydrogen-bond donors (Lipinski definition) is 0. The van der Waals surface area contributed by atoms with Crippen molar-refractivity contribution in [3.8, 4) is 5.75 Å². The van der Waals surface area contributed by atoms with Gasteiger partial charge in [-0.05, 0) is 40.2 Å². The molecule has 0 aliphatic heterocycles. The molecule has 1 aromatic heterocycles. The first-order chi connectivity index (χ1) is 8.70. The largest absolute Gasteiger partial charge is 0.496 e. The van der Waals surface area contributed by atoms with E-state index >= 15 is 0 Å². The van der Waals surface area contributed by atoms with Crippen LogP contribution in [0.5, 0.6) is 5.75 Å². The van der Waals surface area contributed by atoms with Gasteiger partial charge in [0.15, 0.2) is 5.78 Å². The highest BCUT2D eigenvalue weighted by Gasteiger charge is 2.10. The summed E-state index contributed by atoms with van der Waals surface area (Å²) < 4.78 is 5.87. The van der Waals surface area contributed by atoms with E-state index in [0.717, 1.165) is 4.47 Å². The van der Waals surface area contributed by atoms with Crippen molar-refractivity contribution in [1.29, 1.82) is 0 Å². The van der Waals surface area contributed by atoms with E-state index in [1.807, 2.05) is 0 Å². The van der Waals surface area contributed by atoms with Crippen molar-refractivity contribution in [2.75, 3.05) is 7.11 Å². The van der Waals surface area contributed by atoms with Crippen LogP contribution in [0.3, 0.4) is 0 Å². The van der Waals surface area contributed by atoms with E-state index in [-0.39, 0.29) is 12.2 Å². The predicted molar refractivity (Wildman–Crippen MR) is 70.8 cm³/mol. The van der Waals surface area contributed by atoms with Crippen molar-refractivity contribution in [3.05, 3.63) is 52.5 Å². The molecule has 0 N–H and O–H groups in total. The molecule has 0 radical (unpaired) electrons. The van der Waals surface area contributed by atoms with E-state index in [4.69, 9.17) is 4.74 Å². The van der Waals surface area contributed by atoms with Crippen LogP contribution in [-0.4, -0.2) is 22.9 Å². The summed E-state index contributed by atoms with van der Waals surface area (Å²) in [5.41, 5.74) is 0.607. The summed E-state index contributed by atoms with van der Waals surface area (Å²) in [5, 5.41) is 0. The van der Waals surface area contributed by atoms with Crippen molar-refractivity contribution < 1.29 is 9.53 Å². The van der Waals surface area contributed by atoms with Gasteiger partial charge >= 0.3 is 0 Å². The number of benzene rings is 1. The number of carbonyl (C=O) groups is 1. The molecule has 2 aromatic rings. The second-order valence-corrected chi connectivity index (χ2v) is 4.47. The van der Waals surface area contributed by atoms with Crippen LogP contribution in [-0.2, 0) is 6.42 Å². The number of methoxy groups -OCH3 is 1. The lowest BCUT2D eigenvalue weighted by Crippen LogP contribution is -2.06. The number of nitrogens with zero attached hydrogens (tertiary/aromatic N) is 2. The third kappa shape index (κ3) is 2.92. The van der Waals surface area contributed by atoms with Gasteiger partial charge in [0.05, 0.1) is 18.0 Å². The number of halogens is 1. The monoisotopic (exact) mass is 306 g/mol. The molecule has 2 rings (SSSR count). The molecule has 0 saturated carbocycles. The van der Waals surface area contributed by atoms with Gasteiger partial charge in [-0.15, -0.1) is 0 Å². The van der Waals surface area contributed by atoms with Crippen LogP contribution in [0.25, 0.3) is 0 Å². The molecule has 0 unspecified atom stereocenters. The second-order valence-electron chi connectivity index (χ2n) is 3.61. The third-order valence-electron chi connectivity index (χ3n) is 2.41. The number of ether oxygens (including phenoxy) is 1. The fourth-order valence-corrected chi connectivity index (χ4v) is 2.05. The lowest BCUT2D eigenvalue weighted by molar-refractivity contribution is 0.0990. The first-order valence-electron chi connectivity index (χ1n) is 5.33. The molecule has 0 saturated heterocycles. The van der Waals surface area contributed by atoms with Crippen molar-refractivity contribution in [2.24, 2.45) is 0 Å². The normalized spacial score (nSPS) is 10.1. The Labute approximate surface area is 113 Å². The highest BCUT2D eigenvalue weighted by Crippen LogP contribution is 2.25. The fraction of sp³-hybridized carbons (Fsp3) is 0.154. The van der Waals surface area contributed by atoms with Crippen LogP contribution in [0.2, 0.25) is 0 Å². The van der Waals surface area contributed by atoms with E-state index in [1.54, 1.807) is 43.8 Å². The van der Waals surface area contributed by atoms with Crippen molar-refractivity contribution in [2.45, 2.75) is 6.42 Å². The highest BCUT2D eigenvalue weighted by molar-refractivity contribution is 9.10. The minimum absolute atomic E-state index is 0.0236. The van der Waals surface area contributed by atoms with E-state index in [2.05, 4.69) is 25.9 Å².